The number of sulfone groups is 1. The van der Waals surface area contributed by atoms with Gasteiger partial charge in [0.25, 0.3) is 0 Å². The molecular formula is C16H22N6O2S. The smallest absolute Gasteiger partial charge is 0.170 e. The van der Waals surface area contributed by atoms with Crippen LogP contribution in [0.25, 0.3) is 5.69 Å². The molecule has 2 saturated heterocycles. The first-order chi connectivity index (χ1) is 12.1. The molecule has 2 aliphatic heterocycles. The first-order valence-electron chi connectivity index (χ1n) is 8.60. The number of piperazine rings is 1. The molecule has 0 spiro atoms. The van der Waals surface area contributed by atoms with Crippen molar-refractivity contribution in [1.82, 2.24) is 30.0 Å². The molecule has 0 saturated carbocycles. The molecular weight excluding hydrogens is 340 g/mol. The number of para-hydroxylation sites is 1. The lowest BCUT2D eigenvalue weighted by atomic mass is 10.2. The molecule has 2 aromatic rings. The fraction of sp³-hybridized carbons (Fsp3) is 0.562. The Morgan fingerprint density at radius 2 is 1.84 bits per heavy atom. The number of hydrogen-bond acceptors (Lipinski definition) is 7. The number of tetrazole rings is 1. The summed E-state index contributed by atoms with van der Waals surface area (Å²) >= 11 is 0. The zero-order valence-electron chi connectivity index (χ0n) is 14.0. The summed E-state index contributed by atoms with van der Waals surface area (Å²) in [5.41, 5.74) is 0.956. The number of benzene rings is 1. The largest absolute Gasteiger partial charge is 0.297 e. The van der Waals surface area contributed by atoms with E-state index in [1.165, 1.54) is 0 Å². The lowest BCUT2D eigenvalue weighted by Gasteiger charge is -2.37. The molecule has 1 aromatic heterocycles. The Labute approximate surface area is 147 Å². The maximum absolute atomic E-state index is 11.7. The van der Waals surface area contributed by atoms with Crippen molar-refractivity contribution in [3.63, 3.8) is 0 Å². The molecule has 2 fully saturated rings. The third kappa shape index (κ3) is 3.73. The molecule has 0 radical (unpaired) electrons. The minimum absolute atomic E-state index is 0.196. The van der Waals surface area contributed by atoms with Crippen LogP contribution in [0.2, 0.25) is 0 Å². The molecule has 0 unspecified atom stereocenters. The van der Waals surface area contributed by atoms with Crippen molar-refractivity contribution >= 4 is 9.84 Å². The highest BCUT2D eigenvalue weighted by Gasteiger charge is 2.33. The molecule has 0 aliphatic carbocycles. The van der Waals surface area contributed by atoms with Gasteiger partial charge in [-0.15, -0.1) is 5.10 Å². The van der Waals surface area contributed by atoms with Gasteiger partial charge in [-0.05, 0) is 29.0 Å². The van der Waals surface area contributed by atoms with Crippen molar-refractivity contribution < 1.29 is 8.42 Å². The van der Waals surface area contributed by atoms with E-state index in [0.29, 0.717) is 18.1 Å². The van der Waals surface area contributed by atoms with Gasteiger partial charge in [-0.25, -0.2) is 8.42 Å². The summed E-state index contributed by atoms with van der Waals surface area (Å²) in [6.45, 7) is 4.29. The number of nitrogens with zero attached hydrogens (tertiary/aromatic N) is 6. The normalized spacial score (nSPS) is 24.6. The van der Waals surface area contributed by atoms with E-state index >= 15 is 0 Å². The summed E-state index contributed by atoms with van der Waals surface area (Å²) in [6.07, 6.45) is 0.772. The van der Waals surface area contributed by atoms with Crippen molar-refractivity contribution in [2.24, 2.45) is 0 Å². The van der Waals surface area contributed by atoms with Crippen LogP contribution in [-0.4, -0.2) is 82.2 Å². The minimum Gasteiger partial charge on any atom is -0.297 e. The second-order valence-electron chi connectivity index (χ2n) is 6.71. The first kappa shape index (κ1) is 16.6. The Hall–Kier alpha value is -1.84. The number of aromatic nitrogens is 4. The molecule has 1 atom stereocenters. The van der Waals surface area contributed by atoms with E-state index in [1.54, 1.807) is 4.68 Å². The first-order valence-corrected chi connectivity index (χ1v) is 10.4. The van der Waals surface area contributed by atoms with Gasteiger partial charge in [0.05, 0.1) is 23.7 Å². The highest BCUT2D eigenvalue weighted by Crippen LogP contribution is 2.20. The maximum Gasteiger partial charge on any atom is 0.170 e. The molecule has 25 heavy (non-hydrogen) atoms. The maximum atomic E-state index is 11.7. The van der Waals surface area contributed by atoms with Crippen LogP contribution >= 0.6 is 0 Å². The Kier molecular flexibility index (Phi) is 4.53. The van der Waals surface area contributed by atoms with Gasteiger partial charge in [-0.2, -0.15) is 4.68 Å². The summed E-state index contributed by atoms with van der Waals surface area (Å²) < 4.78 is 25.1. The summed E-state index contributed by atoms with van der Waals surface area (Å²) in [6, 6.07) is 10.1. The fourth-order valence-corrected chi connectivity index (χ4v) is 5.39. The molecule has 0 amide bonds. The van der Waals surface area contributed by atoms with Crippen LogP contribution in [0.15, 0.2) is 30.3 Å². The predicted molar refractivity (Wildman–Crippen MR) is 93.1 cm³/mol. The second kappa shape index (κ2) is 6.81. The molecule has 134 valence electrons. The molecule has 2 aliphatic rings. The molecule has 0 N–H and O–H groups in total. The van der Waals surface area contributed by atoms with Crippen LogP contribution in [0.1, 0.15) is 12.2 Å². The molecule has 3 heterocycles. The quantitative estimate of drug-likeness (QED) is 0.755. The van der Waals surface area contributed by atoms with Gasteiger partial charge in [0.1, 0.15) is 0 Å². The van der Waals surface area contributed by atoms with E-state index in [4.69, 9.17) is 0 Å². The van der Waals surface area contributed by atoms with Crippen LogP contribution < -0.4 is 0 Å². The lowest BCUT2D eigenvalue weighted by Crippen LogP contribution is -2.50. The Morgan fingerprint density at radius 1 is 1.08 bits per heavy atom. The Bertz CT molecular complexity index is 814. The summed E-state index contributed by atoms with van der Waals surface area (Å²) in [4.78, 5) is 4.65. The van der Waals surface area contributed by atoms with E-state index < -0.39 is 9.84 Å². The van der Waals surface area contributed by atoms with E-state index in [1.807, 2.05) is 30.3 Å². The molecule has 8 nitrogen and oxygen atoms in total. The highest BCUT2D eigenvalue weighted by molar-refractivity contribution is 7.91. The van der Waals surface area contributed by atoms with Gasteiger partial charge in [-0.1, -0.05) is 18.2 Å². The van der Waals surface area contributed by atoms with Gasteiger partial charge in [-0.3, -0.25) is 9.80 Å². The summed E-state index contributed by atoms with van der Waals surface area (Å²) in [5.74, 6) is 1.48. The monoisotopic (exact) mass is 362 g/mol. The Balaban J connectivity index is 1.36. The van der Waals surface area contributed by atoms with Crippen LogP contribution in [0, 0.1) is 0 Å². The molecule has 1 aromatic carbocycles. The van der Waals surface area contributed by atoms with Crippen molar-refractivity contribution in [1.29, 1.82) is 0 Å². The topological polar surface area (TPSA) is 84.2 Å². The van der Waals surface area contributed by atoms with Crippen molar-refractivity contribution in [3.8, 4) is 5.69 Å². The van der Waals surface area contributed by atoms with Gasteiger partial charge in [0, 0.05) is 32.2 Å². The predicted octanol–water partition coefficient (Wildman–Crippen LogP) is -0.0330. The third-order valence-corrected chi connectivity index (χ3v) is 6.78. The van der Waals surface area contributed by atoms with E-state index in [9.17, 15) is 8.42 Å². The standard InChI is InChI=1S/C16H22N6O2S/c23-25(24)11-6-15(13-25)21-9-7-20(8-10-21)12-16-17-18-19-22(16)14-4-2-1-3-5-14/h1-5,15H,6-13H2/t15-/m0/s1. The van der Waals surface area contributed by atoms with E-state index in [0.717, 1.165) is 44.1 Å². The van der Waals surface area contributed by atoms with Gasteiger partial charge in [0.15, 0.2) is 15.7 Å². The van der Waals surface area contributed by atoms with Crippen LogP contribution in [-0.2, 0) is 16.4 Å². The summed E-state index contributed by atoms with van der Waals surface area (Å²) in [7, 11) is -2.82. The van der Waals surface area contributed by atoms with Crippen molar-refractivity contribution in [3.05, 3.63) is 36.2 Å². The van der Waals surface area contributed by atoms with Crippen molar-refractivity contribution in [2.75, 3.05) is 37.7 Å². The number of rotatable bonds is 4. The Morgan fingerprint density at radius 3 is 2.52 bits per heavy atom. The number of hydrogen-bond donors (Lipinski definition) is 0. The fourth-order valence-electron chi connectivity index (χ4n) is 3.62. The van der Waals surface area contributed by atoms with Gasteiger partial charge in [0.2, 0.25) is 0 Å². The van der Waals surface area contributed by atoms with Crippen LogP contribution in [0.5, 0.6) is 0 Å². The minimum atomic E-state index is -2.82. The highest BCUT2D eigenvalue weighted by atomic mass is 32.2. The van der Waals surface area contributed by atoms with Crippen LogP contribution in [0.3, 0.4) is 0 Å². The summed E-state index contributed by atoms with van der Waals surface area (Å²) in [5, 5.41) is 12.1. The average molecular weight is 362 g/mol. The van der Waals surface area contributed by atoms with Crippen LogP contribution in [0.4, 0.5) is 0 Å². The molecule has 9 heteroatoms. The lowest BCUT2D eigenvalue weighted by molar-refractivity contribution is 0.0979. The SMILES string of the molecule is O=S1(=O)CC[C@H](N2CCN(Cc3nnnn3-c3ccccc3)CC2)C1. The molecule has 4 rings (SSSR count). The molecule has 0 bridgehead atoms. The van der Waals surface area contributed by atoms with Gasteiger partial charge >= 0.3 is 0 Å². The zero-order chi connectivity index (χ0) is 17.3. The van der Waals surface area contributed by atoms with Gasteiger partial charge < -0.3 is 0 Å². The van der Waals surface area contributed by atoms with E-state index in [-0.39, 0.29) is 6.04 Å². The third-order valence-electron chi connectivity index (χ3n) is 5.03. The second-order valence-corrected chi connectivity index (χ2v) is 8.94. The van der Waals surface area contributed by atoms with Crippen molar-refractivity contribution in [2.45, 2.75) is 19.0 Å². The van der Waals surface area contributed by atoms with E-state index in [2.05, 4.69) is 25.3 Å². The average Bonchev–Trinajstić information content (AvgIpc) is 3.22. The zero-order valence-corrected chi connectivity index (χ0v) is 14.8.